The summed E-state index contributed by atoms with van der Waals surface area (Å²) in [7, 11) is 0. The van der Waals surface area contributed by atoms with Gasteiger partial charge in [-0.3, -0.25) is 5.10 Å². The first-order valence-corrected chi connectivity index (χ1v) is 5.18. The van der Waals surface area contributed by atoms with E-state index in [1.807, 2.05) is 13.0 Å². The first-order valence-electron chi connectivity index (χ1n) is 4.38. The molecule has 1 heterocycles. The number of H-pyrrole nitrogens is 1. The smallest absolute Gasteiger partial charge is 0.138 e. The third kappa shape index (κ3) is 1.59. The van der Waals surface area contributed by atoms with E-state index in [0.717, 1.165) is 5.56 Å². The average Bonchev–Trinajstić information content (AvgIpc) is 2.60. The average molecular weight is 268 g/mol. The Labute approximate surface area is 95.3 Å². The van der Waals surface area contributed by atoms with Crippen molar-refractivity contribution in [2.45, 2.75) is 6.92 Å². The van der Waals surface area contributed by atoms with Gasteiger partial charge in [-0.25, -0.2) is 0 Å². The molecule has 0 saturated carbocycles. The van der Waals surface area contributed by atoms with E-state index in [4.69, 9.17) is 5.73 Å². The van der Waals surface area contributed by atoms with Gasteiger partial charge in [0.2, 0.25) is 0 Å². The van der Waals surface area contributed by atoms with Crippen molar-refractivity contribution in [3.8, 4) is 16.9 Å². The molecule has 2 rings (SSSR count). The van der Waals surface area contributed by atoms with Gasteiger partial charge in [-0.15, -0.1) is 0 Å². The molecule has 0 aliphatic heterocycles. The summed E-state index contributed by atoms with van der Waals surface area (Å²) >= 11 is 3.27. The highest BCUT2D eigenvalue weighted by atomic mass is 79.9. The number of hydrogen-bond acceptors (Lipinski definition) is 3. The number of phenols is 1. The van der Waals surface area contributed by atoms with Crippen molar-refractivity contribution in [1.29, 1.82) is 0 Å². The van der Waals surface area contributed by atoms with Gasteiger partial charge in [0, 0.05) is 11.1 Å². The fourth-order valence-electron chi connectivity index (χ4n) is 1.50. The first kappa shape index (κ1) is 10.0. The zero-order valence-corrected chi connectivity index (χ0v) is 9.67. The molecule has 0 bridgehead atoms. The highest BCUT2D eigenvalue weighted by molar-refractivity contribution is 9.10. The van der Waals surface area contributed by atoms with Gasteiger partial charge in [-0.2, -0.15) is 5.10 Å². The molecule has 2 aromatic rings. The molecule has 4 N–H and O–H groups in total. The van der Waals surface area contributed by atoms with E-state index in [1.54, 1.807) is 12.3 Å². The molecule has 1 aromatic carbocycles. The Morgan fingerprint density at radius 2 is 2.20 bits per heavy atom. The van der Waals surface area contributed by atoms with Gasteiger partial charge in [0.25, 0.3) is 0 Å². The number of hydrogen-bond donors (Lipinski definition) is 3. The van der Waals surface area contributed by atoms with Gasteiger partial charge in [-0.1, -0.05) is 6.07 Å². The molecule has 0 aliphatic carbocycles. The van der Waals surface area contributed by atoms with E-state index >= 15 is 0 Å². The molecule has 5 heteroatoms. The van der Waals surface area contributed by atoms with Gasteiger partial charge < -0.3 is 10.8 Å². The first-order chi connectivity index (χ1) is 7.11. The van der Waals surface area contributed by atoms with Crippen LogP contribution in [0.4, 0.5) is 5.82 Å². The fourth-order valence-corrected chi connectivity index (χ4v) is 1.83. The number of rotatable bonds is 1. The minimum absolute atomic E-state index is 0.183. The van der Waals surface area contributed by atoms with Crippen LogP contribution in [0.5, 0.6) is 5.75 Å². The molecule has 0 aliphatic rings. The Balaban J connectivity index is 2.72. The summed E-state index contributed by atoms with van der Waals surface area (Å²) < 4.78 is 0.642. The summed E-state index contributed by atoms with van der Waals surface area (Å²) in [5.41, 5.74) is 8.08. The second kappa shape index (κ2) is 3.58. The summed E-state index contributed by atoms with van der Waals surface area (Å²) in [5.74, 6) is 0.634. The van der Waals surface area contributed by atoms with Crippen molar-refractivity contribution < 1.29 is 5.11 Å². The number of nitrogens with zero attached hydrogens (tertiary/aromatic N) is 1. The number of nitrogen functional groups attached to an aromatic ring is 1. The van der Waals surface area contributed by atoms with Crippen LogP contribution in [0.1, 0.15) is 5.56 Å². The predicted octanol–water partition coefficient (Wildman–Crippen LogP) is 2.44. The number of aryl methyl sites for hydroxylation is 1. The summed E-state index contributed by atoms with van der Waals surface area (Å²) in [6.45, 7) is 1.91. The quantitative estimate of drug-likeness (QED) is 0.743. The van der Waals surface area contributed by atoms with Crippen molar-refractivity contribution in [2.75, 3.05) is 5.73 Å². The SMILES string of the molecule is Cc1ccc(Br)c(O)c1-c1cn[nH]c1N. The molecule has 15 heavy (non-hydrogen) atoms. The predicted molar refractivity (Wildman–Crippen MR) is 62.5 cm³/mol. The topological polar surface area (TPSA) is 74.9 Å². The molecule has 0 spiro atoms. The molecule has 0 radical (unpaired) electrons. The Morgan fingerprint density at radius 1 is 1.47 bits per heavy atom. The summed E-state index contributed by atoms with van der Waals surface area (Å²) in [4.78, 5) is 0. The molecule has 0 amide bonds. The Hall–Kier alpha value is -1.49. The van der Waals surface area contributed by atoms with Crippen LogP contribution in [-0.2, 0) is 0 Å². The lowest BCUT2D eigenvalue weighted by atomic mass is 10.0. The normalized spacial score (nSPS) is 10.5. The van der Waals surface area contributed by atoms with Crippen molar-refractivity contribution in [3.05, 3.63) is 28.4 Å². The van der Waals surface area contributed by atoms with Crippen LogP contribution in [0.15, 0.2) is 22.8 Å². The third-order valence-corrected chi connectivity index (χ3v) is 2.92. The number of phenolic OH excluding ortho intramolecular Hbond substituents is 1. The summed E-state index contributed by atoms with van der Waals surface area (Å²) in [6, 6.07) is 3.70. The molecule has 4 nitrogen and oxygen atoms in total. The minimum atomic E-state index is 0.183. The minimum Gasteiger partial charge on any atom is -0.506 e. The van der Waals surface area contributed by atoms with E-state index in [-0.39, 0.29) is 5.75 Å². The maximum absolute atomic E-state index is 9.93. The molecule has 0 saturated heterocycles. The molecule has 0 atom stereocenters. The van der Waals surface area contributed by atoms with Gasteiger partial charge >= 0.3 is 0 Å². The Bertz CT molecular complexity index is 507. The lowest BCUT2D eigenvalue weighted by Crippen LogP contribution is -1.90. The van der Waals surface area contributed by atoms with Crippen molar-refractivity contribution >= 4 is 21.7 Å². The fraction of sp³-hybridized carbons (Fsp3) is 0.100. The van der Waals surface area contributed by atoms with Crippen LogP contribution in [0, 0.1) is 6.92 Å². The van der Waals surface area contributed by atoms with E-state index in [2.05, 4.69) is 26.1 Å². The molecule has 0 fully saturated rings. The zero-order chi connectivity index (χ0) is 11.0. The third-order valence-electron chi connectivity index (χ3n) is 2.28. The second-order valence-electron chi connectivity index (χ2n) is 3.29. The summed E-state index contributed by atoms with van der Waals surface area (Å²) in [6.07, 6.45) is 1.60. The largest absolute Gasteiger partial charge is 0.506 e. The van der Waals surface area contributed by atoms with Crippen LogP contribution < -0.4 is 5.73 Å². The number of anilines is 1. The highest BCUT2D eigenvalue weighted by Crippen LogP contribution is 2.39. The number of halogens is 1. The van der Waals surface area contributed by atoms with Gasteiger partial charge in [0.1, 0.15) is 11.6 Å². The van der Waals surface area contributed by atoms with Crippen LogP contribution in [0.25, 0.3) is 11.1 Å². The Morgan fingerprint density at radius 3 is 2.80 bits per heavy atom. The summed E-state index contributed by atoms with van der Waals surface area (Å²) in [5, 5.41) is 16.4. The van der Waals surface area contributed by atoms with Crippen LogP contribution in [-0.4, -0.2) is 15.3 Å². The standard InChI is InChI=1S/C10H10BrN3O/c1-5-2-3-7(11)9(15)8(5)6-4-13-14-10(6)12/h2-4,15H,1H3,(H3,12,13,14). The highest BCUT2D eigenvalue weighted by Gasteiger charge is 2.14. The van der Waals surface area contributed by atoms with E-state index in [9.17, 15) is 5.11 Å². The molecular weight excluding hydrogens is 258 g/mol. The number of aromatic hydroxyl groups is 1. The van der Waals surface area contributed by atoms with Crippen LogP contribution >= 0.6 is 15.9 Å². The van der Waals surface area contributed by atoms with Crippen LogP contribution in [0.2, 0.25) is 0 Å². The number of aromatic amines is 1. The van der Waals surface area contributed by atoms with E-state index in [1.165, 1.54) is 0 Å². The zero-order valence-electron chi connectivity index (χ0n) is 8.08. The van der Waals surface area contributed by atoms with Gasteiger partial charge in [0.15, 0.2) is 0 Å². The van der Waals surface area contributed by atoms with Gasteiger partial charge in [-0.05, 0) is 34.5 Å². The molecule has 1 aromatic heterocycles. The second-order valence-corrected chi connectivity index (χ2v) is 4.14. The van der Waals surface area contributed by atoms with Crippen molar-refractivity contribution in [1.82, 2.24) is 10.2 Å². The molecule has 78 valence electrons. The number of nitrogens with two attached hydrogens (primary N) is 1. The Kier molecular flexibility index (Phi) is 2.40. The number of nitrogens with one attached hydrogen (secondary N) is 1. The van der Waals surface area contributed by atoms with E-state index < -0.39 is 0 Å². The number of aromatic nitrogens is 2. The lowest BCUT2D eigenvalue weighted by Gasteiger charge is -2.08. The van der Waals surface area contributed by atoms with Crippen molar-refractivity contribution in [3.63, 3.8) is 0 Å². The maximum atomic E-state index is 9.93. The van der Waals surface area contributed by atoms with Crippen molar-refractivity contribution in [2.24, 2.45) is 0 Å². The molecular formula is C10H10BrN3O. The number of benzene rings is 1. The molecule has 0 unspecified atom stereocenters. The lowest BCUT2D eigenvalue weighted by molar-refractivity contribution is 0.473. The van der Waals surface area contributed by atoms with Gasteiger partial charge in [0.05, 0.1) is 10.7 Å². The monoisotopic (exact) mass is 267 g/mol. The maximum Gasteiger partial charge on any atom is 0.138 e. The van der Waals surface area contributed by atoms with Crippen LogP contribution in [0.3, 0.4) is 0 Å². The van der Waals surface area contributed by atoms with E-state index in [0.29, 0.717) is 21.4 Å².